The van der Waals surface area contributed by atoms with Gasteiger partial charge in [0.2, 0.25) is 0 Å². The number of ether oxygens (including phenoxy) is 1. The third kappa shape index (κ3) is 7.01. The number of thioether (sulfide) groups is 1. The van der Waals surface area contributed by atoms with Gasteiger partial charge in [0.25, 0.3) is 17.1 Å². The number of esters is 1. The Morgan fingerprint density at radius 3 is 2.67 bits per heavy atom. The molecule has 1 fully saturated rings. The van der Waals surface area contributed by atoms with Crippen LogP contribution in [-0.2, 0) is 20.7 Å². The molecule has 33 heavy (non-hydrogen) atoms. The molecule has 1 aliphatic heterocycles. The number of nitrogens with one attached hydrogen (secondary N) is 1. The van der Waals surface area contributed by atoms with Crippen molar-refractivity contribution >= 4 is 40.9 Å². The van der Waals surface area contributed by atoms with Crippen LogP contribution in [0.15, 0.2) is 53.7 Å². The van der Waals surface area contributed by atoms with Crippen LogP contribution in [0.1, 0.15) is 41.3 Å². The number of amides is 3. The van der Waals surface area contributed by atoms with Crippen LogP contribution in [0, 0.1) is 0 Å². The molecule has 1 saturated heterocycles. The maximum Gasteiger partial charge on any atom is 0.338 e. The smallest absolute Gasteiger partial charge is 0.338 e. The fourth-order valence-electron chi connectivity index (χ4n) is 3.07. The zero-order chi connectivity index (χ0) is 23.6. The predicted octanol–water partition coefficient (Wildman–Crippen LogP) is 3.43. The van der Waals surface area contributed by atoms with Gasteiger partial charge in [0, 0.05) is 25.5 Å². The van der Waals surface area contributed by atoms with Gasteiger partial charge in [0.1, 0.15) is 0 Å². The Labute approximate surface area is 196 Å². The zero-order valence-corrected chi connectivity index (χ0v) is 19.1. The number of pyridine rings is 1. The first kappa shape index (κ1) is 24.2. The number of carbonyl (C=O) groups excluding carboxylic acids is 4. The number of nitrogens with zero attached hydrogens (tertiary/aromatic N) is 2. The molecule has 0 spiro atoms. The molecule has 0 aliphatic carbocycles. The quantitative estimate of drug-likeness (QED) is 0.421. The zero-order valence-electron chi connectivity index (χ0n) is 18.3. The van der Waals surface area contributed by atoms with Crippen LogP contribution in [0.3, 0.4) is 0 Å². The van der Waals surface area contributed by atoms with Crippen molar-refractivity contribution in [3.05, 3.63) is 70.4 Å². The van der Waals surface area contributed by atoms with E-state index in [2.05, 4.69) is 17.2 Å². The summed E-state index contributed by atoms with van der Waals surface area (Å²) in [5.74, 6) is -1.52. The van der Waals surface area contributed by atoms with Crippen LogP contribution >= 0.6 is 11.8 Å². The third-order valence-electron chi connectivity index (χ3n) is 4.86. The van der Waals surface area contributed by atoms with Crippen LogP contribution < -0.4 is 5.32 Å². The molecule has 3 amide bonds. The van der Waals surface area contributed by atoms with Crippen molar-refractivity contribution in [3.8, 4) is 0 Å². The first-order valence-corrected chi connectivity index (χ1v) is 11.5. The van der Waals surface area contributed by atoms with E-state index in [-0.39, 0.29) is 13.1 Å². The summed E-state index contributed by atoms with van der Waals surface area (Å²) in [6.45, 7) is 1.75. The summed E-state index contributed by atoms with van der Waals surface area (Å²) in [6, 6.07) is 10.6. The highest BCUT2D eigenvalue weighted by atomic mass is 32.2. The molecule has 0 unspecified atom stereocenters. The Bertz CT molecular complexity index is 1040. The van der Waals surface area contributed by atoms with Crippen LogP contribution in [0.2, 0.25) is 0 Å². The number of imide groups is 1. The van der Waals surface area contributed by atoms with Gasteiger partial charge in [0.05, 0.1) is 10.5 Å². The van der Waals surface area contributed by atoms with Crippen molar-refractivity contribution in [2.45, 2.75) is 26.2 Å². The van der Waals surface area contributed by atoms with E-state index in [1.165, 1.54) is 0 Å². The van der Waals surface area contributed by atoms with Crippen molar-refractivity contribution in [1.82, 2.24) is 15.2 Å². The van der Waals surface area contributed by atoms with E-state index in [0.717, 1.165) is 41.5 Å². The molecule has 0 atom stereocenters. The van der Waals surface area contributed by atoms with Gasteiger partial charge in [-0.15, -0.1) is 0 Å². The topological polar surface area (TPSA) is 106 Å². The van der Waals surface area contributed by atoms with E-state index >= 15 is 0 Å². The fourth-order valence-corrected chi connectivity index (χ4v) is 3.93. The number of hydrogen-bond acceptors (Lipinski definition) is 7. The number of aryl methyl sites for hydroxylation is 1. The minimum absolute atomic E-state index is 0.0218. The Hall–Kier alpha value is -3.46. The highest BCUT2D eigenvalue weighted by Crippen LogP contribution is 2.31. The highest BCUT2D eigenvalue weighted by Gasteiger charge is 2.34. The summed E-state index contributed by atoms with van der Waals surface area (Å²) < 4.78 is 5.04. The molecule has 1 aromatic heterocycles. The molecule has 172 valence electrons. The van der Waals surface area contributed by atoms with E-state index in [4.69, 9.17) is 4.74 Å². The summed E-state index contributed by atoms with van der Waals surface area (Å²) >= 11 is 0.841. The average Bonchev–Trinajstić information content (AvgIpc) is 3.09. The van der Waals surface area contributed by atoms with Crippen LogP contribution in [0.5, 0.6) is 0 Å². The van der Waals surface area contributed by atoms with Gasteiger partial charge >= 0.3 is 5.97 Å². The lowest BCUT2D eigenvalue weighted by Gasteiger charge is -2.13. The maximum absolute atomic E-state index is 12.5. The number of carbonyl (C=O) groups is 4. The molecule has 8 nitrogen and oxygen atoms in total. The third-order valence-corrected chi connectivity index (χ3v) is 5.76. The molecule has 9 heteroatoms. The number of aromatic nitrogens is 1. The summed E-state index contributed by atoms with van der Waals surface area (Å²) in [5, 5.41) is 2.15. The standard InChI is InChI=1S/C24H25N3O5S/c1-2-3-5-17-7-9-19(10-8-17)23(30)32-16-21(28)26-12-13-27-22(29)20(33-24(27)31)14-18-6-4-11-25-15-18/h4,6-11,14-15H,2-3,5,12-13,16H2,1H3,(H,26,28)/b20-14-. The predicted molar refractivity (Wildman–Crippen MR) is 125 cm³/mol. The van der Waals surface area contributed by atoms with Crippen molar-refractivity contribution in [3.63, 3.8) is 0 Å². The number of unbranched alkanes of at least 4 members (excludes halogenated alkanes) is 1. The summed E-state index contributed by atoms with van der Waals surface area (Å²) in [4.78, 5) is 54.1. The molecule has 1 aromatic carbocycles. The van der Waals surface area contributed by atoms with Gasteiger partial charge in [-0.25, -0.2) is 4.79 Å². The van der Waals surface area contributed by atoms with Gasteiger partial charge in [-0.05, 0) is 60.0 Å². The molecular weight excluding hydrogens is 442 g/mol. The molecule has 3 rings (SSSR count). The van der Waals surface area contributed by atoms with Gasteiger partial charge in [0.15, 0.2) is 6.61 Å². The SMILES string of the molecule is CCCCc1ccc(C(=O)OCC(=O)NCCN2C(=O)S/C(=C\c3cccnc3)C2=O)cc1. The second-order valence-corrected chi connectivity index (χ2v) is 8.34. The molecule has 0 saturated carbocycles. The number of benzene rings is 1. The number of rotatable bonds is 10. The largest absolute Gasteiger partial charge is 0.452 e. The second-order valence-electron chi connectivity index (χ2n) is 7.35. The fraction of sp³-hybridized carbons (Fsp3) is 0.292. The van der Waals surface area contributed by atoms with E-state index in [9.17, 15) is 19.2 Å². The maximum atomic E-state index is 12.5. The highest BCUT2D eigenvalue weighted by molar-refractivity contribution is 8.18. The first-order chi connectivity index (χ1) is 16.0. The normalized spacial score (nSPS) is 14.6. The van der Waals surface area contributed by atoms with Crippen LogP contribution in [0.4, 0.5) is 4.79 Å². The lowest BCUT2D eigenvalue weighted by atomic mass is 10.1. The summed E-state index contributed by atoms with van der Waals surface area (Å²) in [5.41, 5.74) is 2.24. The van der Waals surface area contributed by atoms with Gasteiger partial charge in [-0.1, -0.05) is 31.5 Å². The van der Waals surface area contributed by atoms with Gasteiger partial charge in [-0.3, -0.25) is 24.3 Å². The lowest BCUT2D eigenvalue weighted by Crippen LogP contribution is -2.38. The Kier molecular flexibility index (Phi) is 8.77. The van der Waals surface area contributed by atoms with Crippen molar-refractivity contribution < 1.29 is 23.9 Å². The average molecular weight is 468 g/mol. The summed E-state index contributed by atoms with van der Waals surface area (Å²) in [7, 11) is 0. The molecule has 0 radical (unpaired) electrons. The van der Waals surface area contributed by atoms with Gasteiger partial charge < -0.3 is 10.1 Å². The van der Waals surface area contributed by atoms with Crippen molar-refractivity contribution in [1.29, 1.82) is 0 Å². The van der Waals surface area contributed by atoms with Crippen molar-refractivity contribution in [2.75, 3.05) is 19.7 Å². The van der Waals surface area contributed by atoms with Crippen LogP contribution in [0.25, 0.3) is 6.08 Å². The monoisotopic (exact) mass is 467 g/mol. The van der Waals surface area contributed by atoms with Crippen molar-refractivity contribution in [2.24, 2.45) is 0 Å². The first-order valence-electron chi connectivity index (χ1n) is 10.7. The molecule has 2 heterocycles. The van der Waals surface area contributed by atoms with E-state index in [1.807, 2.05) is 12.1 Å². The van der Waals surface area contributed by atoms with E-state index in [1.54, 1.807) is 42.7 Å². The molecule has 1 N–H and O–H groups in total. The summed E-state index contributed by atoms with van der Waals surface area (Å²) in [6.07, 6.45) is 7.95. The molecule has 1 aliphatic rings. The minimum Gasteiger partial charge on any atom is -0.452 e. The molecular formula is C24H25N3O5S. The molecule has 2 aromatic rings. The number of hydrogen-bond donors (Lipinski definition) is 1. The molecule has 0 bridgehead atoms. The van der Waals surface area contributed by atoms with Gasteiger partial charge in [-0.2, -0.15) is 0 Å². The van der Waals surface area contributed by atoms with E-state index in [0.29, 0.717) is 16.0 Å². The Morgan fingerprint density at radius 2 is 1.97 bits per heavy atom. The Balaban J connectivity index is 1.41. The second kappa shape index (κ2) is 12.0. The Morgan fingerprint density at radius 1 is 1.18 bits per heavy atom. The van der Waals surface area contributed by atoms with Crippen LogP contribution in [-0.4, -0.2) is 52.6 Å². The lowest BCUT2D eigenvalue weighted by molar-refractivity contribution is -0.125. The minimum atomic E-state index is -0.585. The van der Waals surface area contributed by atoms with E-state index < -0.39 is 29.6 Å².